The minimum absolute atomic E-state index is 0.0780. The minimum atomic E-state index is -0.307. The molecule has 1 saturated heterocycles. The maximum Gasteiger partial charge on any atom is 0.252 e. The third-order valence-electron chi connectivity index (χ3n) is 5.76. The van der Waals surface area contributed by atoms with Gasteiger partial charge in [-0.05, 0) is 18.9 Å². The second-order valence-corrected chi connectivity index (χ2v) is 7.70. The Balaban J connectivity index is 1.47. The number of hydrogen-bond acceptors (Lipinski definition) is 4. The molecule has 1 aliphatic carbocycles. The average Bonchev–Trinajstić information content (AvgIpc) is 3.09. The van der Waals surface area contributed by atoms with Crippen LogP contribution < -0.4 is 10.9 Å². The maximum absolute atomic E-state index is 13.8. The number of aromatic amines is 1. The topological polar surface area (TPSA) is 78.1 Å². The summed E-state index contributed by atoms with van der Waals surface area (Å²) in [5, 5.41) is 2.99. The average molecular weight is 384 g/mol. The highest BCUT2D eigenvalue weighted by Crippen LogP contribution is 2.32. The van der Waals surface area contributed by atoms with Crippen LogP contribution in [-0.2, 0) is 11.3 Å². The Kier molecular flexibility index (Phi) is 5.41. The van der Waals surface area contributed by atoms with Crippen LogP contribution in [0.3, 0.4) is 0 Å². The van der Waals surface area contributed by atoms with Gasteiger partial charge in [-0.15, -0.1) is 0 Å². The molecule has 7 heteroatoms. The summed E-state index contributed by atoms with van der Waals surface area (Å²) in [5.74, 6) is 0.0675. The molecule has 2 fully saturated rings. The molecule has 2 aromatic rings. The van der Waals surface area contributed by atoms with Gasteiger partial charge in [0.15, 0.2) is 0 Å². The largest absolute Gasteiger partial charge is 0.352 e. The Morgan fingerprint density at radius 2 is 1.96 bits per heavy atom. The second kappa shape index (κ2) is 8.12. The number of nitrogens with zero attached hydrogens (tertiary/aromatic N) is 2. The molecule has 4 rings (SSSR count). The number of aromatic nitrogens is 2. The van der Waals surface area contributed by atoms with Crippen molar-refractivity contribution in [3.05, 3.63) is 57.8 Å². The number of likely N-dealkylation sites (tertiary alicyclic amines) is 1. The van der Waals surface area contributed by atoms with E-state index < -0.39 is 0 Å². The predicted octanol–water partition coefficient (Wildman–Crippen LogP) is 3.17. The minimum Gasteiger partial charge on any atom is -0.352 e. The lowest BCUT2D eigenvalue weighted by atomic mass is 9.94. The summed E-state index contributed by atoms with van der Waals surface area (Å²) in [6, 6.07) is 8.27. The quantitative estimate of drug-likeness (QED) is 0.830. The molecule has 2 N–H and O–H groups in total. The Morgan fingerprint density at radius 3 is 2.75 bits per heavy atom. The van der Waals surface area contributed by atoms with Crippen LogP contribution >= 0.6 is 0 Å². The number of halogens is 1. The molecule has 0 unspecified atom stereocenters. The van der Waals surface area contributed by atoms with Crippen LogP contribution in [0.2, 0.25) is 0 Å². The van der Waals surface area contributed by atoms with Crippen molar-refractivity contribution in [1.82, 2.24) is 14.9 Å². The first-order valence-corrected chi connectivity index (χ1v) is 9.98. The van der Waals surface area contributed by atoms with Gasteiger partial charge in [-0.2, -0.15) is 0 Å². The van der Waals surface area contributed by atoms with E-state index in [1.807, 2.05) is 4.90 Å². The number of amides is 1. The zero-order valence-electron chi connectivity index (χ0n) is 15.8. The summed E-state index contributed by atoms with van der Waals surface area (Å²) in [5.41, 5.74) is 0.839. The normalized spacial score (nSPS) is 20.5. The van der Waals surface area contributed by atoms with Gasteiger partial charge in [0.05, 0.1) is 5.69 Å². The van der Waals surface area contributed by atoms with E-state index in [1.165, 1.54) is 31.4 Å². The van der Waals surface area contributed by atoms with E-state index in [1.54, 1.807) is 18.2 Å². The number of carbonyl (C=O) groups is 1. The van der Waals surface area contributed by atoms with Crippen LogP contribution in [0.25, 0.3) is 0 Å². The number of H-pyrrole nitrogens is 1. The first kappa shape index (κ1) is 18.7. The zero-order valence-corrected chi connectivity index (χ0v) is 15.8. The second-order valence-electron chi connectivity index (χ2n) is 7.70. The van der Waals surface area contributed by atoms with Crippen LogP contribution in [0.15, 0.2) is 35.1 Å². The molecule has 0 spiro atoms. The molecule has 0 bridgehead atoms. The van der Waals surface area contributed by atoms with E-state index in [-0.39, 0.29) is 29.7 Å². The first-order valence-electron chi connectivity index (χ1n) is 9.98. The van der Waals surface area contributed by atoms with E-state index >= 15 is 0 Å². The van der Waals surface area contributed by atoms with E-state index in [0.717, 1.165) is 12.8 Å². The van der Waals surface area contributed by atoms with Gasteiger partial charge >= 0.3 is 0 Å². The van der Waals surface area contributed by atoms with Gasteiger partial charge in [-0.1, -0.05) is 37.5 Å². The molecule has 148 valence electrons. The Bertz CT molecular complexity index is 907. The van der Waals surface area contributed by atoms with Crippen LogP contribution in [0, 0.1) is 5.82 Å². The van der Waals surface area contributed by atoms with Gasteiger partial charge in [0, 0.05) is 43.1 Å². The molecular formula is C21H25FN4O2. The third kappa shape index (κ3) is 4.08. The summed E-state index contributed by atoms with van der Waals surface area (Å²) in [4.78, 5) is 33.8. The van der Waals surface area contributed by atoms with Crippen LogP contribution in [-0.4, -0.2) is 33.4 Å². The van der Waals surface area contributed by atoms with Crippen molar-refractivity contribution < 1.29 is 9.18 Å². The van der Waals surface area contributed by atoms with Crippen molar-refractivity contribution in [2.24, 2.45) is 0 Å². The maximum atomic E-state index is 13.8. The van der Waals surface area contributed by atoms with Crippen LogP contribution in [0.1, 0.15) is 55.7 Å². The number of benzene rings is 1. The Morgan fingerprint density at radius 1 is 1.18 bits per heavy atom. The number of hydrogen-bond donors (Lipinski definition) is 2. The first-order chi connectivity index (χ1) is 13.6. The van der Waals surface area contributed by atoms with Crippen molar-refractivity contribution in [2.75, 3.05) is 11.9 Å². The molecule has 1 amide bonds. The molecule has 1 aromatic heterocycles. The van der Waals surface area contributed by atoms with Gasteiger partial charge in [0.2, 0.25) is 11.9 Å². The summed E-state index contributed by atoms with van der Waals surface area (Å²) in [6.07, 6.45) is 6.11. The third-order valence-corrected chi connectivity index (χ3v) is 5.76. The van der Waals surface area contributed by atoms with Crippen molar-refractivity contribution in [1.29, 1.82) is 0 Å². The lowest BCUT2D eigenvalue weighted by Gasteiger charge is -2.31. The summed E-state index contributed by atoms with van der Waals surface area (Å²) in [7, 11) is 0. The lowest BCUT2D eigenvalue weighted by Crippen LogP contribution is -2.37. The SMILES string of the molecule is O=C1C[C@@H](c2cc(=O)[nH]c(NCc3ccccc3F)n2)CN1C1CCCCC1. The monoisotopic (exact) mass is 384 g/mol. The standard InChI is InChI=1S/C21H25FN4O2/c22-17-9-5-4-6-14(17)12-23-21-24-18(11-19(27)25-21)15-10-20(28)26(13-15)16-7-2-1-3-8-16/h4-6,9,11,15-16H,1-3,7-8,10,12-13H2,(H2,23,24,25,27)/t15-/m1/s1. The lowest BCUT2D eigenvalue weighted by molar-refractivity contribution is -0.130. The highest BCUT2D eigenvalue weighted by molar-refractivity contribution is 5.80. The Labute approximate surface area is 163 Å². The zero-order chi connectivity index (χ0) is 19.5. The van der Waals surface area contributed by atoms with Crippen molar-refractivity contribution >= 4 is 11.9 Å². The summed E-state index contributed by atoms with van der Waals surface area (Å²) < 4.78 is 13.8. The number of carbonyl (C=O) groups excluding carboxylic acids is 1. The van der Waals surface area contributed by atoms with Gasteiger partial charge in [-0.25, -0.2) is 9.37 Å². The molecule has 28 heavy (non-hydrogen) atoms. The number of rotatable bonds is 5. The van der Waals surface area contributed by atoms with Crippen molar-refractivity contribution in [2.45, 2.75) is 57.0 Å². The Hall–Kier alpha value is -2.70. The fraction of sp³-hybridized carbons (Fsp3) is 0.476. The van der Waals surface area contributed by atoms with Crippen LogP contribution in [0.4, 0.5) is 10.3 Å². The van der Waals surface area contributed by atoms with E-state index in [4.69, 9.17) is 0 Å². The molecule has 1 aliphatic heterocycles. The molecule has 0 radical (unpaired) electrons. The van der Waals surface area contributed by atoms with E-state index in [0.29, 0.717) is 36.2 Å². The molecule has 1 saturated carbocycles. The fourth-order valence-corrected chi connectivity index (χ4v) is 4.27. The summed E-state index contributed by atoms with van der Waals surface area (Å²) >= 11 is 0. The highest BCUT2D eigenvalue weighted by Gasteiger charge is 2.36. The van der Waals surface area contributed by atoms with Crippen molar-refractivity contribution in [3.8, 4) is 0 Å². The van der Waals surface area contributed by atoms with E-state index in [2.05, 4.69) is 15.3 Å². The number of nitrogens with one attached hydrogen (secondary N) is 2. The molecule has 2 aliphatic rings. The highest BCUT2D eigenvalue weighted by atomic mass is 19.1. The van der Waals surface area contributed by atoms with Gasteiger partial charge in [0.1, 0.15) is 5.82 Å². The fourth-order valence-electron chi connectivity index (χ4n) is 4.27. The van der Waals surface area contributed by atoms with Crippen molar-refractivity contribution in [3.63, 3.8) is 0 Å². The van der Waals surface area contributed by atoms with Crippen LogP contribution in [0.5, 0.6) is 0 Å². The number of anilines is 1. The molecule has 2 heterocycles. The van der Waals surface area contributed by atoms with Gasteiger partial charge in [0.25, 0.3) is 5.56 Å². The van der Waals surface area contributed by atoms with Gasteiger partial charge in [-0.3, -0.25) is 14.6 Å². The smallest absolute Gasteiger partial charge is 0.252 e. The molecule has 1 aromatic carbocycles. The van der Waals surface area contributed by atoms with Gasteiger partial charge < -0.3 is 10.2 Å². The predicted molar refractivity (Wildman–Crippen MR) is 105 cm³/mol. The molecular weight excluding hydrogens is 359 g/mol. The molecule has 1 atom stereocenters. The molecule has 6 nitrogen and oxygen atoms in total. The summed E-state index contributed by atoms with van der Waals surface area (Å²) in [6.45, 7) is 0.837. The van der Waals surface area contributed by atoms with E-state index in [9.17, 15) is 14.0 Å².